The first-order valence-electron chi connectivity index (χ1n) is 24.3. The number of nitrogens with zero attached hydrogens (tertiary/aromatic N) is 2. The van der Waals surface area contributed by atoms with Crippen LogP contribution >= 0.6 is 0 Å². The fourth-order valence-corrected chi connectivity index (χ4v) is 11.1. The predicted molar refractivity (Wildman–Crippen MR) is 299 cm³/mol. The Morgan fingerprint density at radius 2 is 0.831 bits per heavy atom. The van der Waals surface area contributed by atoms with Crippen molar-refractivity contribution in [1.29, 1.82) is 0 Å². The largest absolute Gasteiger partial charge is 0.455 e. The molecule has 332 valence electrons. The van der Waals surface area contributed by atoms with Crippen molar-refractivity contribution in [2.24, 2.45) is 0 Å². The lowest BCUT2D eigenvalue weighted by atomic mass is 9.93. The first kappa shape index (κ1) is 40.6. The van der Waals surface area contributed by atoms with Gasteiger partial charge >= 0.3 is 0 Å². The summed E-state index contributed by atoms with van der Waals surface area (Å²) in [4.78, 5) is 2.38. The number of para-hydroxylation sites is 5. The van der Waals surface area contributed by atoms with E-state index in [0.29, 0.717) is 0 Å². The fraction of sp³-hybridized carbons (Fsp3) is 0. The van der Waals surface area contributed by atoms with Crippen LogP contribution < -0.4 is 4.90 Å². The minimum absolute atomic E-state index is 0.898. The molecule has 0 bridgehead atoms. The maximum absolute atomic E-state index is 6.50. The van der Waals surface area contributed by atoms with Gasteiger partial charge in [-0.1, -0.05) is 200 Å². The van der Waals surface area contributed by atoms with Crippen molar-refractivity contribution in [1.82, 2.24) is 4.57 Å². The molecule has 0 unspecified atom stereocenters. The first-order valence-corrected chi connectivity index (χ1v) is 24.3. The van der Waals surface area contributed by atoms with Crippen LogP contribution in [-0.2, 0) is 0 Å². The van der Waals surface area contributed by atoms with E-state index >= 15 is 0 Å². The van der Waals surface area contributed by atoms with Crippen molar-refractivity contribution >= 4 is 82.4 Å². The molecule has 0 saturated heterocycles. The van der Waals surface area contributed by atoms with E-state index in [9.17, 15) is 0 Å². The summed E-state index contributed by atoms with van der Waals surface area (Å²) in [6.45, 7) is 0. The molecule has 0 aliphatic heterocycles. The van der Waals surface area contributed by atoms with E-state index < -0.39 is 0 Å². The van der Waals surface area contributed by atoms with Crippen molar-refractivity contribution in [3.05, 3.63) is 267 Å². The summed E-state index contributed by atoms with van der Waals surface area (Å²) >= 11 is 0. The van der Waals surface area contributed by atoms with E-state index in [1.807, 2.05) is 12.1 Å². The van der Waals surface area contributed by atoms with Gasteiger partial charge in [0.2, 0.25) is 0 Å². The third-order valence-corrected chi connectivity index (χ3v) is 14.4. The maximum atomic E-state index is 6.50. The summed E-state index contributed by atoms with van der Waals surface area (Å²) in [5.41, 5.74) is 17.7. The quantitative estimate of drug-likeness (QED) is 0.142. The molecular weight excluding hydrogens is 861 g/mol. The Morgan fingerprint density at radius 3 is 1.61 bits per heavy atom. The average Bonchev–Trinajstić information content (AvgIpc) is 4.00. The molecule has 0 N–H and O–H groups in total. The smallest absolute Gasteiger partial charge is 0.143 e. The van der Waals surface area contributed by atoms with E-state index in [1.54, 1.807) is 0 Å². The van der Waals surface area contributed by atoms with Gasteiger partial charge in [0.15, 0.2) is 0 Å². The summed E-state index contributed by atoms with van der Waals surface area (Å²) in [7, 11) is 0. The lowest BCUT2D eigenvalue weighted by Gasteiger charge is -2.27. The van der Waals surface area contributed by atoms with Crippen LogP contribution in [0.25, 0.3) is 115 Å². The lowest BCUT2D eigenvalue weighted by molar-refractivity contribution is 0.670. The Bertz CT molecular complexity index is 4290. The van der Waals surface area contributed by atoms with Crippen molar-refractivity contribution < 1.29 is 4.42 Å². The molecule has 2 aromatic heterocycles. The van der Waals surface area contributed by atoms with Crippen LogP contribution in [0.3, 0.4) is 0 Å². The molecule has 0 saturated carbocycles. The first-order chi connectivity index (χ1) is 35.2. The Balaban J connectivity index is 0.887. The Kier molecular flexibility index (Phi) is 9.53. The summed E-state index contributed by atoms with van der Waals surface area (Å²) in [5.74, 6) is 0. The van der Waals surface area contributed by atoms with Crippen LogP contribution in [0.5, 0.6) is 0 Å². The van der Waals surface area contributed by atoms with E-state index in [4.69, 9.17) is 4.42 Å². The predicted octanol–water partition coefficient (Wildman–Crippen LogP) is 19.1. The molecule has 0 radical (unpaired) electrons. The van der Waals surface area contributed by atoms with Crippen molar-refractivity contribution in [3.8, 4) is 50.2 Å². The highest BCUT2D eigenvalue weighted by molar-refractivity contribution is 6.11. The zero-order valence-electron chi connectivity index (χ0n) is 38.7. The third kappa shape index (κ3) is 6.82. The van der Waals surface area contributed by atoms with Crippen LogP contribution in [0.4, 0.5) is 17.1 Å². The number of fused-ring (bicyclic) bond motifs is 9. The van der Waals surface area contributed by atoms with Crippen LogP contribution in [0.15, 0.2) is 271 Å². The van der Waals surface area contributed by atoms with Gasteiger partial charge in [0, 0.05) is 49.7 Å². The molecule has 14 aromatic rings. The number of hydrogen-bond acceptors (Lipinski definition) is 2. The van der Waals surface area contributed by atoms with Gasteiger partial charge in [0.05, 0.1) is 16.7 Å². The average molecular weight is 905 g/mol. The minimum Gasteiger partial charge on any atom is -0.455 e. The highest BCUT2D eigenvalue weighted by atomic mass is 16.3. The number of anilines is 3. The van der Waals surface area contributed by atoms with Crippen molar-refractivity contribution in [2.45, 2.75) is 0 Å². The summed E-state index contributed by atoms with van der Waals surface area (Å²) < 4.78 is 8.92. The van der Waals surface area contributed by atoms with Gasteiger partial charge in [0.1, 0.15) is 11.2 Å². The number of benzene rings is 12. The Morgan fingerprint density at radius 1 is 0.282 bits per heavy atom. The van der Waals surface area contributed by atoms with Gasteiger partial charge in [-0.25, -0.2) is 0 Å². The number of rotatable bonds is 8. The molecule has 0 aliphatic carbocycles. The van der Waals surface area contributed by atoms with Gasteiger partial charge in [-0.2, -0.15) is 0 Å². The van der Waals surface area contributed by atoms with Gasteiger partial charge in [-0.05, 0) is 122 Å². The second-order valence-corrected chi connectivity index (χ2v) is 18.4. The molecule has 14 rings (SSSR count). The molecule has 0 atom stereocenters. The number of hydrogen-bond donors (Lipinski definition) is 0. The summed E-state index contributed by atoms with van der Waals surface area (Å²) in [6.07, 6.45) is 0. The minimum atomic E-state index is 0.898. The normalized spacial score (nSPS) is 11.7. The topological polar surface area (TPSA) is 21.3 Å². The lowest BCUT2D eigenvalue weighted by Crippen LogP contribution is -2.10. The molecule has 3 heteroatoms. The summed E-state index contributed by atoms with van der Waals surface area (Å²) in [6, 6.07) is 96.7. The monoisotopic (exact) mass is 904 g/mol. The van der Waals surface area contributed by atoms with E-state index in [0.717, 1.165) is 66.9 Å². The zero-order chi connectivity index (χ0) is 46.8. The Labute approximate surface area is 411 Å². The highest BCUT2D eigenvalue weighted by Crippen LogP contribution is 2.44. The molecular formula is C68H44N2O. The molecule has 12 aromatic carbocycles. The second kappa shape index (κ2) is 16.7. The molecule has 0 fully saturated rings. The van der Waals surface area contributed by atoms with Crippen LogP contribution in [-0.4, -0.2) is 4.57 Å². The molecule has 2 heterocycles. The van der Waals surface area contributed by atoms with Gasteiger partial charge in [0.25, 0.3) is 0 Å². The molecule has 3 nitrogen and oxygen atoms in total. The van der Waals surface area contributed by atoms with Crippen LogP contribution in [0.2, 0.25) is 0 Å². The molecule has 0 aliphatic rings. The standard InChI is InChI=1S/C68H44N2O/c1-2-18-54-46(15-1)31-32-50-43-48(37-42-56(50)54)45-33-38-51(39-34-45)69(52-40-35-47(36-41-52)57-25-14-26-63-62-24-8-12-30-67(62)71-68(57)63)53-17-13-16-49(44-53)55-19-3-4-20-58(55)59-21-5-9-27-64(59)70-65-28-10-6-22-60(65)61-23-7-11-29-66(61)70/h1-44H. The van der Waals surface area contributed by atoms with Crippen LogP contribution in [0, 0.1) is 0 Å². The Hall–Kier alpha value is -9.44. The van der Waals surface area contributed by atoms with Gasteiger partial charge in [-0.3, -0.25) is 0 Å². The van der Waals surface area contributed by atoms with Gasteiger partial charge in [-0.15, -0.1) is 0 Å². The van der Waals surface area contributed by atoms with E-state index in [1.165, 1.54) is 65.6 Å². The van der Waals surface area contributed by atoms with E-state index in [-0.39, 0.29) is 0 Å². The highest BCUT2D eigenvalue weighted by Gasteiger charge is 2.20. The zero-order valence-corrected chi connectivity index (χ0v) is 38.7. The SMILES string of the molecule is c1cc(-c2ccccc2-c2ccccc2-n2c3ccccc3c3ccccc32)cc(N(c2ccc(-c3ccc4c(ccc5ccccc54)c3)cc2)c2ccc(-c3cccc4c3oc3ccccc34)cc2)c1. The number of aromatic nitrogens is 1. The number of furan rings is 1. The van der Waals surface area contributed by atoms with Gasteiger partial charge < -0.3 is 13.9 Å². The molecule has 0 spiro atoms. The third-order valence-electron chi connectivity index (χ3n) is 14.4. The maximum Gasteiger partial charge on any atom is 0.143 e. The summed E-state index contributed by atoms with van der Waals surface area (Å²) in [5, 5.41) is 9.79. The van der Waals surface area contributed by atoms with Crippen molar-refractivity contribution in [2.75, 3.05) is 4.90 Å². The van der Waals surface area contributed by atoms with E-state index in [2.05, 4.69) is 264 Å². The molecule has 0 amide bonds. The van der Waals surface area contributed by atoms with Crippen LogP contribution in [0.1, 0.15) is 0 Å². The van der Waals surface area contributed by atoms with Crippen molar-refractivity contribution in [3.63, 3.8) is 0 Å². The molecule has 71 heavy (non-hydrogen) atoms. The fourth-order valence-electron chi connectivity index (χ4n) is 11.1. The second-order valence-electron chi connectivity index (χ2n) is 18.4.